The van der Waals surface area contributed by atoms with E-state index in [2.05, 4.69) is 21.6 Å². The average molecular weight is 317 g/mol. The van der Waals surface area contributed by atoms with E-state index in [0.717, 1.165) is 51.3 Å². The number of piperazine rings is 1. The first kappa shape index (κ1) is 15.2. The molecule has 3 aliphatic heterocycles. The molecule has 23 heavy (non-hydrogen) atoms. The van der Waals surface area contributed by atoms with Crippen molar-refractivity contribution in [3.63, 3.8) is 0 Å². The van der Waals surface area contributed by atoms with Crippen LogP contribution < -0.4 is 0 Å². The van der Waals surface area contributed by atoms with Crippen LogP contribution in [0.2, 0.25) is 0 Å². The summed E-state index contributed by atoms with van der Waals surface area (Å²) in [6, 6.07) is 5.10. The van der Waals surface area contributed by atoms with Crippen LogP contribution in [-0.2, 0) is 11.3 Å². The Balaban J connectivity index is 1.35. The summed E-state index contributed by atoms with van der Waals surface area (Å²) >= 11 is 0. The Morgan fingerprint density at radius 2 is 2.00 bits per heavy atom. The second-order valence-electron chi connectivity index (χ2n) is 7.29. The molecule has 0 N–H and O–H groups in total. The molecule has 4 rings (SSSR count). The number of hydrogen-bond acceptors (Lipinski definition) is 4. The van der Waals surface area contributed by atoms with Gasteiger partial charge in [-0.15, -0.1) is 0 Å². The highest BCUT2D eigenvalue weighted by Crippen LogP contribution is 2.30. The minimum atomic E-state index is 0.0611. The fourth-order valence-corrected chi connectivity index (χ4v) is 4.60. The third-order valence-corrected chi connectivity index (χ3v) is 5.92. The summed E-state index contributed by atoms with van der Waals surface area (Å²) in [7, 11) is 0. The van der Waals surface area contributed by atoms with E-state index in [9.17, 15) is 4.79 Å². The highest BCUT2D eigenvalue weighted by molar-refractivity contribution is 5.83. The van der Waals surface area contributed by atoms with Gasteiger partial charge in [0.1, 0.15) is 5.76 Å². The summed E-state index contributed by atoms with van der Waals surface area (Å²) in [6.45, 7) is 7.25. The van der Waals surface area contributed by atoms with Crippen molar-refractivity contribution < 1.29 is 9.21 Å². The second-order valence-corrected chi connectivity index (χ2v) is 7.29. The van der Waals surface area contributed by atoms with E-state index < -0.39 is 0 Å². The number of rotatable bonds is 3. The van der Waals surface area contributed by atoms with Crippen LogP contribution in [0.15, 0.2) is 22.8 Å². The molecule has 1 amide bonds. The monoisotopic (exact) mass is 317 g/mol. The number of carbonyl (C=O) groups excluding carboxylic acids is 1. The Hall–Kier alpha value is -1.33. The summed E-state index contributed by atoms with van der Waals surface area (Å²) in [5.41, 5.74) is 0. The van der Waals surface area contributed by atoms with Crippen LogP contribution in [0, 0.1) is 0 Å². The van der Waals surface area contributed by atoms with E-state index in [1.165, 1.54) is 12.8 Å². The fourth-order valence-electron chi connectivity index (χ4n) is 4.60. The van der Waals surface area contributed by atoms with Crippen molar-refractivity contribution in [1.29, 1.82) is 0 Å². The standard InChI is InChI=1S/C18H27N3O2/c1-14-18(22)20-8-2-4-16(20)12-21(14)15-6-9-19(10-7-15)13-17-5-3-11-23-17/h3,5,11,14-16H,2,4,6-10,12-13H2,1H3/t14-,16-/m0/s1. The predicted molar refractivity (Wildman–Crippen MR) is 87.9 cm³/mol. The number of amides is 1. The first-order chi connectivity index (χ1) is 11.2. The van der Waals surface area contributed by atoms with E-state index in [-0.39, 0.29) is 6.04 Å². The van der Waals surface area contributed by atoms with E-state index in [1.807, 2.05) is 12.1 Å². The van der Waals surface area contributed by atoms with Gasteiger partial charge in [-0.3, -0.25) is 14.6 Å². The van der Waals surface area contributed by atoms with Gasteiger partial charge >= 0.3 is 0 Å². The molecule has 0 aliphatic carbocycles. The lowest BCUT2D eigenvalue weighted by molar-refractivity contribution is -0.145. The van der Waals surface area contributed by atoms with Crippen molar-refractivity contribution in [3.05, 3.63) is 24.2 Å². The van der Waals surface area contributed by atoms with E-state index in [0.29, 0.717) is 18.0 Å². The molecule has 5 nitrogen and oxygen atoms in total. The number of piperidine rings is 1. The van der Waals surface area contributed by atoms with Gasteiger partial charge in [-0.1, -0.05) is 0 Å². The van der Waals surface area contributed by atoms with Crippen molar-refractivity contribution in [2.24, 2.45) is 0 Å². The van der Waals surface area contributed by atoms with Gasteiger partial charge in [0.25, 0.3) is 0 Å². The Morgan fingerprint density at radius 3 is 2.74 bits per heavy atom. The van der Waals surface area contributed by atoms with E-state index in [1.54, 1.807) is 6.26 Å². The Morgan fingerprint density at radius 1 is 1.17 bits per heavy atom. The Bertz CT molecular complexity index is 536. The van der Waals surface area contributed by atoms with Crippen molar-refractivity contribution >= 4 is 5.91 Å². The van der Waals surface area contributed by atoms with Gasteiger partial charge in [0.05, 0.1) is 18.8 Å². The summed E-state index contributed by atoms with van der Waals surface area (Å²) in [4.78, 5) is 19.7. The SMILES string of the molecule is C[C@H]1C(=O)N2CCC[C@H]2CN1C1CCN(Cc2ccco2)CC1. The zero-order chi connectivity index (χ0) is 15.8. The lowest BCUT2D eigenvalue weighted by Gasteiger charge is -2.47. The Kier molecular flexibility index (Phi) is 4.16. The molecule has 0 saturated carbocycles. The van der Waals surface area contributed by atoms with Gasteiger partial charge in [-0.25, -0.2) is 0 Å². The highest BCUT2D eigenvalue weighted by atomic mass is 16.3. The highest BCUT2D eigenvalue weighted by Gasteiger charge is 2.42. The molecule has 3 saturated heterocycles. The normalized spacial score (nSPS) is 30.8. The van der Waals surface area contributed by atoms with Crippen LogP contribution in [0.5, 0.6) is 0 Å². The number of carbonyl (C=O) groups is 1. The Labute approximate surface area is 138 Å². The zero-order valence-corrected chi connectivity index (χ0v) is 14.0. The van der Waals surface area contributed by atoms with Gasteiger partial charge in [0.2, 0.25) is 5.91 Å². The van der Waals surface area contributed by atoms with Crippen molar-refractivity contribution in [3.8, 4) is 0 Å². The topological polar surface area (TPSA) is 39.9 Å². The predicted octanol–water partition coefficient (Wildman–Crippen LogP) is 1.94. The number of hydrogen-bond donors (Lipinski definition) is 0. The molecule has 1 aromatic heterocycles. The molecular formula is C18H27N3O2. The molecule has 5 heteroatoms. The number of likely N-dealkylation sites (tertiary alicyclic amines) is 1. The number of nitrogens with zero attached hydrogens (tertiary/aromatic N) is 3. The van der Waals surface area contributed by atoms with Crippen LogP contribution in [0.3, 0.4) is 0 Å². The van der Waals surface area contributed by atoms with Crippen molar-refractivity contribution in [2.45, 2.75) is 57.3 Å². The smallest absolute Gasteiger partial charge is 0.239 e. The minimum Gasteiger partial charge on any atom is -0.468 e. The molecule has 3 fully saturated rings. The molecule has 0 radical (unpaired) electrons. The van der Waals surface area contributed by atoms with Gasteiger partial charge in [-0.05, 0) is 44.7 Å². The minimum absolute atomic E-state index is 0.0611. The molecule has 126 valence electrons. The maximum Gasteiger partial charge on any atom is 0.239 e. The summed E-state index contributed by atoms with van der Waals surface area (Å²) in [5, 5.41) is 0. The van der Waals surface area contributed by atoms with E-state index in [4.69, 9.17) is 4.42 Å². The van der Waals surface area contributed by atoms with Crippen molar-refractivity contribution in [2.75, 3.05) is 26.2 Å². The third-order valence-electron chi connectivity index (χ3n) is 5.92. The van der Waals surface area contributed by atoms with Crippen LogP contribution in [0.25, 0.3) is 0 Å². The van der Waals surface area contributed by atoms with Gasteiger partial charge in [0.15, 0.2) is 0 Å². The first-order valence-electron chi connectivity index (χ1n) is 9.03. The van der Waals surface area contributed by atoms with Crippen LogP contribution >= 0.6 is 0 Å². The van der Waals surface area contributed by atoms with Gasteiger partial charge < -0.3 is 9.32 Å². The summed E-state index contributed by atoms with van der Waals surface area (Å²) < 4.78 is 5.46. The van der Waals surface area contributed by atoms with E-state index >= 15 is 0 Å². The van der Waals surface area contributed by atoms with Gasteiger partial charge in [0, 0.05) is 38.3 Å². The maximum absolute atomic E-state index is 12.6. The lowest BCUT2D eigenvalue weighted by atomic mass is 9.97. The quantitative estimate of drug-likeness (QED) is 0.854. The van der Waals surface area contributed by atoms with Crippen LogP contribution in [-0.4, -0.2) is 64.9 Å². The van der Waals surface area contributed by atoms with Crippen LogP contribution in [0.1, 0.15) is 38.4 Å². The molecule has 0 aromatic carbocycles. The molecule has 0 bridgehead atoms. The average Bonchev–Trinajstić information content (AvgIpc) is 3.23. The van der Waals surface area contributed by atoms with Crippen molar-refractivity contribution in [1.82, 2.24) is 14.7 Å². The molecular weight excluding hydrogens is 290 g/mol. The second kappa shape index (κ2) is 6.29. The van der Waals surface area contributed by atoms with Crippen LogP contribution in [0.4, 0.5) is 0 Å². The fraction of sp³-hybridized carbons (Fsp3) is 0.722. The maximum atomic E-state index is 12.6. The molecule has 2 atom stereocenters. The summed E-state index contributed by atoms with van der Waals surface area (Å²) in [5.74, 6) is 1.41. The summed E-state index contributed by atoms with van der Waals surface area (Å²) in [6.07, 6.45) is 6.43. The molecule has 3 aliphatic rings. The molecule has 1 aromatic rings. The first-order valence-corrected chi connectivity index (χ1v) is 9.03. The third kappa shape index (κ3) is 2.92. The molecule has 0 spiro atoms. The number of fused-ring (bicyclic) bond motifs is 1. The van der Waals surface area contributed by atoms with Gasteiger partial charge in [-0.2, -0.15) is 0 Å². The molecule has 4 heterocycles. The molecule has 0 unspecified atom stereocenters. The lowest BCUT2D eigenvalue weighted by Crippen LogP contribution is -2.62. The zero-order valence-electron chi connectivity index (χ0n) is 14.0. The largest absolute Gasteiger partial charge is 0.468 e. The number of furan rings is 1.